The second kappa shape index (κ2) is 9.62. The molecule has 4 rings (SSSR count). The Morgan fingerprint density at radius 1 is 1.12 bits per heavy atom. The third-order valence-corrected chi connectivity index (χ3v) is 5.49. The lowest BCUT2D eigenvalue weighted by atomic mass is 10.1. The minimum absolute atomic E-state index is 0.0872. The van der Waals surface area contributed by atoms with Gasteiger partial charge in [-0.15, -0.1) is 13.2 Å². The van der Waals surface area contributed by atoms with E-state index in [-0.39, 0.29) is 17.8 Å². The number of carbonyl (C=O) groups is 1. The fourth-order valence-corrected chi connectivity index (χ4v) is 3.82. The van der Waals surface area contributed by atoms with E-state index in [1.165, 1.54) is 30.6 Å². The number of nitrogens with one attached hydrogen (secondary N) is 1. The topological polar surface area (TPSA) is 87.6 Å². The molecule has 7 nitrogen and oxygen atoms in total. The van der Waals surface area contributed by atoms with Crippen molar-refractivity contribution in [3.63, 3.8) is 0 Å². The highest BCUT2D eigenvalue weighted by atomic mass is 19.4. The van der Waals surface area contributed by atoms with Crippen molar-refractivity contribution >= 4 is 23.5 Å². The van der Waals surface area contributed by atoms with E-state index >= 15 is 0 Å². The Morgan fingerprint density at radius 2 is 1.91 bits per heavy atom. The molecule has 1 saturated heterocycles. The van der Waals surface area contributed by atoms with Gasteiger partial charge in [0.05, 0.1) is 11.8 Å². The summed E-state index contributed by atoms with van der Waals surface area (Å²) in [7, 11) is 0. The van der Waals surface area contributed by atoms with Gasteiger partial charge in [0.15, 0.2) is 0 Å². The van der Waals surface area contributed by atoms with Crippen LogP contribution in [0.15, 0.2) is 48.3 Å². The maximum atomic E-state index is 13.0. The molecule has 1 aliphatic heterocycles. The molecule has 2 aliphatic rings. The lowest BCUT2D eigenvalue weighted by molar-refractivity contribution is -0.274. The summed E-state index contributed by atoms with van der Waals surface area (Å²) in [5, 5.41) is 12.9. The number of hydrogen-bond donors (Lipinski definition) is 2. The summed E-state index contributed by atoms with van der Waals surface area (Å²) in [6.45, 7) is 1.12. The average Bonchev–Trinajstić information content (AvgIpc) is 3.12. The molecule has 1 unspecified atom stereocenters. The van der Waals surface area contributed by atoms with Crippen LogP contribution in [-0.2, 0) is 11.2 Å². The summed E-state index contributed by atoms with van der Waals surface area (Å²) in [6.07, 6.45) is 4.03. The number of hydrogen-bond acceptors (Lipinski definition) is 6. The number of fused-ring (bicyclic) bond motifs is 1. The van der Waals surface area contributed by atoms with Crippen molar-refractivity contribution in [1.82, 2.24) is 14.9 Å². The van der Waals surface area contributed by atoms with Gasteiger partial charge in [0, 0.05) is 36.3 Å². The standard InChI is InChI=1S/C23H23F3N4O3/c24-23(25,26)33-18-7-5-16(6-8-18)29-21-19-9-3-15(4-10-20(19)27-14-28-21)22(32)30-12-1-2-17(31)11-13-30/h3-9,14,17,31H,1-2,10-13H2,(H,27,28,29). The zero-order chi connectivity index (χ0) is 23.4. The van der Waals surface area contributed by atoms with Crippen molar-refractivity contribution in [2.24, 2.45) is 0 Å². The normalized spacial score (nSPS) is 18.6. The molecule has 0 bridgehead atoms. The molecule has 2 aromatic rings. The van der Waals surface area contributed by atoms with Gasteiger partial charge in [0.2, 0.25) is 0 Å². The number of anilines is 2. The number of aliphatic hydroxyl groups is 1. The second-order valence-corrected chi connectivity index (χ2v) is 7.85. The van der Waals surface area contributed by atoms with E-state index in [0.29, 0.717) is 55.0 Å². The van der Waals surface area contributed by atoms with Gasteiger partial charge in [-0.25, -0.2) is 9.97 Å². The van der Waals surface area contributed by atoms with Crippen molar-refractivity contribution in [3.8, 4) is 5.75 Å². The predicted molar refractivity (Wildman–Crippen MR) is 116 cm³/mol. The summed E-state index contributed by atoms with van der Waals surface area (Å²) >= 11 is 0. The SMILES string of the molecule is O=C(C1=CCc2ncnc(Nc3ccc(OC(F)(F)F)cc3)c2C=C1)N1CCCC(O)CC1. The first kappa shape index (κ1) is 22.8. The molecule has 2 heterocycles. The van der Waals surface area contributed by atoms with Gasteiger partial charge in [-0.05, 0) is 55.7 Å². The lowest BCUT2D eigenvalue weighted by Crippen LogP contribution is -2.33. The smallest absolute Gasteiger partial charge is 0.406 e. The number of alkyl halides is 3. The molecule has 0 spiro atoms. The van der Waals surface area contributed by atoms with Crippen LogP contribution in [0.25, 0.3) is 6.08 Å². The molecule has 174 valence electrons. The van der Waals surface area contributed by atoms with E-state index in [4.69, 9.17) is 0 Å². The third kappa shape index (κ3) is 5.89. The predicted octanol–water partition coefficient (Wildman–Crippen LogP) is 3.99. The monoisotopic (exact) mass is 460 g/mol. The molecule has 1 amide bonds. The molecule has 0 radical (unpaired) electrons. The number of likely N-dealkylation sites (tertiary alicyclic amines) is 1. The second-order valence-electron chi connectivity index (χ2n) is 7.85. The van der Waals surface area contributed by atoms with E-state index in [2.05, 4.69) is 20.0 Å². The van der Waals surface area contributed by atoms with Gasteiger partial charge < -0.3 is 20.1 Å². The fraction of sp³-hybridized carbons (Fsp3) is 0.348. The van der Waals surface area contributed by atoms with Crippen LogP contribution < -0.4 is 10.1 Å². The highest BCUT2D eigenvalue weighted by Gasteiger charge is 2.31. The molecule has 1 aliphatic carbocycles. The van der Waals surface area contributed by atoms with Crippen molar-refractivity contribution < 1.29 is 27.8 Å². The van der Waals surface area contributed by atoms with Crippen LogP contribution in [0.3, 0.4) is 0 Å². The zero-order valence-electron chi connectivity index (χ0n) is 17.7. The molecule has 33 heavy (non-hydrogen) atoms. The number of rotatable bonds is 4. The summed E-state index contributed by atoms with van der Waals surface area (Å²) in [5.74, 6) is 0.0689. The highest BCUT2D eigenvalue weighted by Crippen LogP contribution is 2.28. The van der Waals surface area contributed by atoms with Crippen LogP contribution in [0.1, 0.15) is 30.5 Å². The molecule has 1 atom stereocenters. The van der Waals surface area contributed by atoms with Crippen molar-refractivity contribution in [3.05, 3.63) is 59.6 Å². The Labute approximate surface area is 188 Å². The van der Waals surface area contributed by atoms with Crippen LogP contribution in [0, 0.1) is 0 Å². The highest BCUT2D eigenvalue weighted by molar-refractivity contribution is 5.98. The quantitative estimate of drug-likeness (QED) is 0.718. The summed E-state index contributed by atoms with van der Waals surface area (Å²) in [6, 6.07) is 5.33. The number of aromatic nitrogens is 2. The number of aliphatic hydroxyl groups excluding tert-OH is 1. The summed E-state index contributed by atoms with van der Waals surface area (Å²) in [5.41, 5.74) is 2.48. The fourth-order valence-electron chi connectivity index (χ4n) is 3.82. The van der Waals surface area contributed by atoms with Gasteiger partial charge in [0.25, 0.3) is 5.91 Å². The van der Waals surface area contributed by atoms with E-state index in [0.717, 1.165) is 12.1 Å². The Balaban J connectivity index is 1.49. The van der Waals surface area contributed by atoms with Gasteiger partial charge in [0.1, 0.15) is 17.9 Å². The van der Waals surface area contributed by atoms with Crippen LogP contribution in [0.5, 0.6) is 5.75 Å². The Kier molecular flexibility index (Phi) is 6.64. The number of amides is 1. The van der Waals surface area contributed by atoms with Gasteiger partial charge in [-0.2, -0.15) is 0 Å². The van der Waals surface area contributed by atoms with E-state index < -0.39 is 6.36 Å². The van der Waals surface area contributed by atoms with Gasteiger partial charge in [-0.3, -0.25) is 4.79 Å². The first-order valence-corrected chi connectivity index (χ1v) is 10.6. The molecular weight excluding hydrogens is 437 g/mol. The maximum absolute atomic E-state index is 13.0. The lowest BCUT2D eigenvalue weighted by Gasteiger charge is -2.20. The number of ether oxygens (including phenoxy) is 1. The Bertz CT molecular complexity index is 1070. The maximum Gasteiger partial charge on any atom is 0.573 e. The minimum Gasteiger partial charge on any atom is -0.406 e. The van der Waals surface area contributed by atoms with Crippen molar-refractivity contribution in [2.45, 2.75) is 38.1 Å². The summed E-state index contributed by atoms with van der Waals surface area (Å²) < 4.78 is 41.0. The molecule has 2 N–H and O–H groups in total. The Morgan fingerprint density at radius 3 is 2.67 bits per heavy atom. The van der Waals surface area contributed by atoms with E-state index in [1.54, 1.807) is 17.1 Å². The van der Waals surface area contributed by atoms with Crippen LogP contribution in [0.2, 0.25) is 0 Å². The van der Waals surface area contributed by atoms with Gasteiger partial charge >= 0.3 is 6.36 Å². The number of allylic oxidation sites excluding steroid dienone is 1. The molecular formula is C23H23F3N4O3. The number of benzene rings is 1. The van der Waals surface area contributed by atoms with Crippen LogP contribution >= 0.6 is 0 Å². The first-order chi connectivity index (χ1) is 15.8. The van der Waals surface area contributed by atoms with E-state index in [9.17, 15) is 23.1 Å². The molecule has 10 heteroatoms. The molecule has 1 aromatic carbocycles. The van der Waals surface area contributed by atoms with Crippen molar-refractivity contribution in [1.29, 1.82) is 0 Å². The van der Waals surface area contributed by atoms with Crippen molar-refractivity contribution in [2.75, 3.05) is 18.4 Å². The van der Waals surface area contributed by atoms with Crippen LogP contribution in [-0.4, -0.2) is 51.4 Å². The average molecular weight is 460 g/mol. The first-order valence-electron chi connectivity index (χ1n) is 10.6. The number of halogens is 3. The molecule has 1 aromatic heterocycles. The molecule has 1 fully saturated rings. The number of carbonyl (C=O) groups excluding carboxylic acids is 1. The third-order valence-electron chi connectivity index (χ3n) is 5.49. The summed E-state index contributed by atoms with van der Waals surface area (Å²) in [4.78, 5) is 23.3. The Hall–Kier alpha value is -3.40. The molecule has 0 saturated carbocycles. The van der Waals surface area contributed by atoms with Gasteiger partial charge in [-0.1, -0.05) is 6.08 Å². The largest absolute Gasteiger partial charge is 0.573 e. The number of nitrogens with zero attached hydrogens (tertiary/aromatic N) is 3. The minimum atomic E-state index is -4.75. The zero-order valence-corrected chi connectivity index (χ0v) is 17.7. The van der Waals surface area contributed by atoms with E-state index in [1.807, 2.05) is 6.08 Å². The van der Waals surface area contributed by atoms with Crippen LogP contribution in [0.4, 0.5) is 24.7 Å².